The molecule has 3 rings (SSSR count). The van der Waals surface area contributed by atoms with Crippen molar-refractivity contribution in [2.75, 3.05) is 0 Å². The lowest BCUT2D eigenvalue weighted by Gasteiger charge is -2.11. The van der Waals surface area contributed by atoms with Gasteiger partial charge in [0.2, 0.25) is 0 Å². The summed E-state index contributed by atoms with van der Waals surface area (Å²) in [5.41, 5.74) is 0.859. The van der Waals surface area contributed by atoms with E-state index in [1.807, 2.05) is 28.8 Å². The molecule has 4 nitrogen and oxygen atoms in total. The minimum Gasteiger partial charge on any atom is -0.392 e. The maximum Gasteiger partial charge on any atom is 0.195 e. The highest BCUT2D eigenvalue weighted by Gasteiger charge is 2.27. The van der Waals surface area contributed by atoms with Crippen molar-refractivity contribution in [2.24, 2.45) is 0 Å². The van der Waals surface area contributed by atoms with Crippen LogP contribution < -0.4 is 0 Å². The molecule has 0 aliphatic heterocycles. The Morgan fingerprint density at radius 2 is 2.25 bits per heavy atom. The summed E-state index contributed by atoms with van der Waals surface area (Å²) in [6, 6.07) is 5.84. The van der Waals surface area contributed by atoms with Crippen LogP contribution in [0.15, 0.2) is 29.6 Å². The Hall–Kier alpha value is -1.07. The van der Waals surface area contributed by atoms with Crippen LogP contribution in [0.4, 0.5) is 0 Å². The van der Waals surface area contributed by atoms with E-state index in [1.54, 1.807) is 11.8 Å². The number of aromatic nitrogens is 3. The van der Waals surface area contributed by atoms with Gasteiger partial charge in [0.1, 0.15) is 0 Å². The first-order valence-corrected chi connectivity index (χ1v) is 6.37. The zero-order chi connectivity index (χ0) is 11.0. The molecule has 0 saturated heterocycles. The number of pyridine rings is 1. The maximum absolute atomic E-state index is 9.78. The van der Waals surface area contributed by atoms with Crippen LogP contribution >= 0.6 is 11.8 Å². The Morgan fingerprint density at radius 3 is 3.06 bits per heavy atom. The number of thioether (sulfide) groups is 1. The molecule has 0 bridgehead atoms. The fourth-order valence-corrected chi connectivity index (χ4v) is 3.28. The van der Waals surface area contributed by atoms with Crippen molar-refractivity contribution in [1.82, 2.24) is 14.6 Å². The smallest absolute Gasteiger partial charge is 0.195 e. The molecule has 2 atom stereocenters. The average Bonchev–Trinajstić information content (AvgIpc) is 2.88. The first kappa shape index (κ1) is 10.1. The summed E-state index contributed by atoms with van der Waals surface area (Å²) in [7, 11) is 0. The topological polar surface area (TPSA) is 50.4 Å². The summed E-state index contributed by atoms with van der Waals surface area (Å²) < 4.78 is 1.97. The van der Waals surface area contributed by atoms with Crippen LogP contribution in [0.3, 0.4) is 0 Å². The molecule has 16 heavy (non-hydrogen) atoms. The summed E-state index contributed by atoms with van der Waals surface area (Å²) >= 11 is 1.63. The second-order valence-electron chi connectivity index (χ2n) is 4.07. The number of nitrogens with zero attached hydrogens (tertiary/aromatic N) is 3. The Kier molecular flexibility index (Phi) is 2.57. The van der Waals surface area contributed by atoms with Gasteiger partial charge in [-0.15, -0.1) is 10.2 Å². The van der Waals surface area contributed by atoms with Gasteiger partial charge in [0.15, 0.2) is 10.8 Å². The number of fused-ring (bicyclic) bond motifs is 1. The molecule has 2 aromatic rings. The fourth-order valence-electron chi connectivity index (χ4n) is 2.08. The lowest BCUT2D eigenvalue weighted by atomic mass is 10.3. The quantitative estimate of drug-likeness (QED) is 0.861. The highest BCUT2D eigenvalue weighted by Crippen LogP contribution is 2.34. The summed E-state index contributed by atoms with van der Waals surface area (Å²) in [5, 5.41) is 19.2. The van der Waals surface area contributed by atoms with Crippen molar-refractivity contribution in [2.45, 2.75) is 35.8 Å². The molecule has 84 valence electrons. The number of hydrogen-bond acceptors (Lipinski definition) is 4. The third-order valence-corrected chi connectivity index (χ3v) is 4.30. The molecule has 5 heteroatoms. The number of rotatable bonds is 2. The standard InChI is InChI=1S/C11H13N3OS/c15-8-4-3-5-9(8)16-11-13-12-10-6-1-2-7-14(10)11/h1-2,6-9,15H,3-5H2. The molecule has 2 unspecified atom stereocenters. The van der Waals surface area contributed by atoms with Gasteiger partial charge in [-0.05, 0) is 31.4 Å². The van der Waals surface area contributed by atoms with Gasteiger partial charge in [0, 0.05) is 11.4 Å². The minimum absolute atomic E-state index is 0.193. The SMILES string of the molecule is OC1CCCC1Sc1nnc2ccccn12. The van der Waals surface area contributed by atoms with Crippen molar-refractivity contribution in [3.05, 3.63) is 24.4 Å². The second-order valence-corrected chi connectivity index (χ2v) is 5.27. The second kappa shape index (κ2) is 4.07. The van der Waals surface area contributed by atoms with Gasteiger partial charge in [-0.1, -0.05) is 17.8 Å². The van der Waals surface area contributed by atoms with E-state index < -0.39 is 0 Å². The third kappa shape index (κ3) is 1.70. The van der Waals surface area contributed by atoms with E-state index >= 15 is 0 Å². The van der Waals surface area contributed by atoms with Gasteiger partial charge in [0.25, 0.3) is 0 Å². The van der Waals surface area contributed by atoms with Gasteiger partial charge in [-0.3, -0.25) is 4.40 Å². The van der Waals surface area contributed by atoms with Gasteiger partial charge in [0.05, 0.1) is 6.10 Å². The molecule has 1 N–H and O–H groups in total. The maximum atomic E-state index is 9.78. The first-order valence-electron chi connectivity index (χ1n) is 5.49. The Bertz CT molecular complexity index is 499. The largest absolute Gasteiger partial charge is 0.392 e. The van der Waals surface area contributed by atoms with E-state index in [-0.39, 0.29) is 11.4 Å². The molecule has 1 aliphatic rings. The van der Waals surface area contributed by atoms with E-state index in [2.05, 4.69) is 10.2 Å². The van der Waals surface area contributed by atoms with E-state index in [1.165, 1.54) is 0 Å². The molecule has 0 amide bonds. The molecular weight excluding hydrogens is 222 g/mol. The van der Waals surface area contributed by atoms with Gasteiger partial charge >= 0.3 is 0 Å². The molecule has 2 heterocycles. The predicted molar refractivity (Wildman–Crippen MR) is 62.5 cm³/mol. The van der Waals surface area contributed by atoms with Crippen molar-refractivity contribution < 1.29 is 5.11 Å². The van der Waals surface area contributed by atoms with Crippen LogP contribution in [0.2, 0.25) is 0 Å². The van der Waals surface area contributed by atoms with Crippen molar-refractivity contribution in [3.8, 4) is 0 Å². The molecule has 1 saturated carbocycles. The third-order valence-electron chi connectivity index (χ3n) is 2.96. The molecule has 1 fully saturated rings. The lowest BCUT2D eigenvalue weighted by Crippen LogP contribution is -2.15. The van der Waals surface area contributed by atoms with Crippen LogP contribution in [0.25, 0.3) is 5.65 Å². The minimum atomic E-state index is -0.193. The normalized spacial score (nSPS) is 25.3. The first-order chi connectivity index (χ1) is 7.84. The Morgan fingerprint density at radius 1 is 1.31 bits per heavy atom. The van der Waals surface area contributed by atoms with Crippen molar-refractivity contribution >= 4 is 17.4 Å². The Balaban J connectivity index is 1.89. The molecule has 1 aliphatic carbocycles. The van der Waals surface area contributed by atoms with Crippen LogP contribution in [0, 0.1) is 0 Å². The van der Waals surface area contributed by atoms with Gasteiger partial charge < -0.3 is 5.11 Å². The van der Waals surface area contributed by atoms with Gasteiger partial charge in [-0.25, -0.2) is 0 Å². The number of aliphatic hydroxyl groups is 1. The zero-order valence-electron chi connectivity index (χ0n) is 8.78. The van der Waals surface area contributed by atoms with Crippen LogP contribution in [0.1, 0.15) is 19.3 Å². The molecule has 0 aromatic carbocycles. The number of aliphatic hydroxyl groups excluding tert-OH is 1. The van der Waals surface area contributed by atoms with Gasteiger partial charge in [-0.2, -0.15) is 0 Å². The summed E-state index contributed by atoms with van der Waals surface area (Å²) in [5.74, 6) is 0. The Labute approximate surface area is 97.7 Å². The van der Waals surface area contributed by atoms with Crippen molar-refractivity contribution in [1.29, 1.82) is 0 Å². The zero-order valence-corrected chi connectivity index (χ0v) is 9.60. The molecule has 0 spiro atoms. The van der Waals surface area contributed by atoms with Crippen LogP contribution in [-0.4, -0.2) is 31.1 Å². The van der Waals surface area contributed by atoms with Crippen LogP contribution in [0.5, 0.6) is 0 Å². The highest BCUT2D eigenvalue weighted by molar-refractivity contribution is 7.99. The highest BCUT2D eigenvalue weighted by atomic mass is 32.2. The fraction of sp³-hybridized carbons (Fsp3) is 0.455. The monoisotopic (exact) mass is 235 g/mol. The van der Waals surface area contributed by atoms with Crippen LogP contribution in [-0.2, 0) is 0 Å². The average molecular weight is 235 g/mol. The van der Waals surface area contributed by atoms with E-state index in [0.29, 0.717) is 0 Å². The van der Waals surface area contributed by atoms with E-state index in [4.69, 9.17) is 0 Å². The summed E-state index contributed by atoms with van der Waals surface area (Å²) in [6.45, 7) is 0. The lowest BCUT2D eigenvalue weighted by molar-refractivity contribution is 0.188. The molecular formula is C11H13N3OS. The van der Waals surface area contributed by atoms with Crippen molar-refractivity contribution in [3.63, 3.8) is 0 Å². The predicted octanol–water partition coefficient (Wildman–Crippen LogP) is 1.73. The van der Waals surface area contributed by atoms with E-state index in [9.17, 15) is 5.11 Å². The number of hydrogen-bond donors (Lipinski definition) is 1. The molecule has 2 aromatic heterocycles. The molecule has 0 radical (unpaired) electrons. The van der Waals surface area contributed by atoms with E-state index in [0.717, 1.165) is 30.1 Å². The summed E-state index contributed by atoms with van der Waals surface area (Å²) in [4.78, 5) is 0. The summed E-state index contributed by atoms with van der Waals surface area (Å²) in [6.07, 6.45) is 4.84.